The molecule has 4 rings (SSSR count). The molecule has 1 amide bonds. The number of carbonyl (C=O) groups excluding carboxylic acids is 1. The maximum absolute atomic E-state index is 12.3. The molecule has 2 aromatic heterocycles. The highest BCUT2D eigenvalue weighted by molar-refractivity contribution is 5.90. The third-order valence-corrected chi connectivity index (χ3v) is 4.10. The largest absolute Gasteiger partial charge is 0.342 e. The highest BCUT2D eigenvalue weighted by Gasteiger charge is 2.11. The standard InChI is InChI=1S/C19H19N7O/c1-11-6-12(2)8-15(7-11)22-18(27)10-26-24-19(23-25-26)14-4-5-16-17(9-14)21-13(3)20-16/h4-9H,10H2,1-3H3,(H,20,21)(H,22,27). The van der Waals surface area contributed by atoms with Gasteiger partial charge < -0.3 is 10.3 Å². The molecule has 0 spiro atoms. The summed E-state index contributed by atoms with van der Waals surface area (Å²) in [5, 5.41) is 15.2. The summed E-state index contributed by atoms with van der Waals surface area (Å²) in [7, 11) is 0. The number of fused-ring (bicyclic) bond motifs is 1. The van der Waals surface area contributed by atoms with Gasteiger partial charge in [0.05, 0.1) is 11.0 Å². The van der Waals surface area contributed by atoms with E-state index in [0.717, 1.165) is 39.2 Å². The van der Waals surface area contributed by atoms with Crippen molar-refractivity contribution in [1.82, 2.24) is 30.2 Å². The lowest BCUT2D eigenvalue weighted by Crippen LogP contribution is -2.20. The molecule has 0 aliphatic carbocycles. The number of nitrogens with one attached hydrogen (secondary N) is 2. The number of aryl methyl sites for hydroxylation is 3. The number of aromatic nitrogens is 6. The third kappa shape index (κ3) is 3.69. The van der Waals surface area contributed by atoms with Crippen LogP contribution in [-0.2, 0) is 11.3 Å². The molecule has 2 heterocycles. The lowest BCUT2D eigenvalue weighted by atomic mass is 10.1. The fraction of sp³-hybridized carbons (Fsp3) is 0.211. The van der Waals surface area contributed by atoms with Gasteiger partial charge in [-0.2, -0.15) is 4.80 Å². The van der Waals surface area contributed by atoms with Crippen LogP contribution >= 0.6 is 0 Å². The minimum atomic E-state index is -0.205. The summed E-state index contributed by atoms with van der Waals surface area (Å²) in [4.78, 5) is 21.1. The van der Waals surface area contributed by atoms with Crippen LogP contribution in [0.1, 0.15) is 17.0 Å². The summed E-state index contributed by atoms with van der Waals surface area (Å²) in [5.41, 5.74) is 5.56. The number of carbonyl (C=O) groups is 1. The normalized spacial score (nSPS) is 11.1. The van der Waals surface area contributed by atoms with Crippen LogP contribution in [0.25, 0.3) is 22.4 Å². The maximum atomic E-state index is 12.3. The predicted octanol–water partition coefficient (Wildman–Crippen LogP) is 2.78. The van der Waals surface area contributed by atoms with E-state index >= 15 is 0 Å². The molecule has 136 valence electrons. The van der Waals surface area contributed by atoms with Crippen molar-refractivity contribution in [2.24, 2.45) is 0 Å². The quantitative estimate of drug-likeness (QED) is 0.582. The smallest absolute Gasteiger partial charge is 0.248 e. The number of amides is 1. The van der Waals surface area contributed by atoms with Gasteiger partial charge in [0.15, 0.2) is 0 Å². The molecule has 0 unspecified atom stereocenters. The molecule has 2 N–H and O–H groups in total. The lowest BCUT2D eigenvalue weighted by Gasteiger charge is -2.06. The number of nitrogens with zero attached hydrogens (tertiary/aromatic N) is 5. The van der Waals surface area contributed by atoms with Gasteiger partial charge in [0.2, 0.25) is 11.7 Å². The van der Waals surface area contributed by atoms with Crippen LogP contribution in [0.15, 0.2) is 36.4 Å². The van der Waals surface area contributed by atoms with Crippen LogP contribution in [0.5, 0.6) is 0 Å². The molecule has 0 aliphatic rings. The first-order valence-corrected chi connectivity index (χ1v) is 8.59. The van der Waals surface area contributed by atoms with Crippen molar-refractivity contribution >= 4 is 22.6 Å². The molecule has 4 aromatic rings. The van der Waals surface area contributed by atoms with E-state index in [-0.39, 0.29) is 12.5 Å². The first kappa shape index (κ1) is 16.9. The van der Waals surface area contributed by atoms with Crippen molar-refractivity contribution in [1.29, 1.82) is 0 Å². The Balaban J connectivity index is 1.49. The van der Waals surface area contributed by atoms with Crippen molar-refractivity contribution in [3.8, 4) is 11.4 Å². The van der Waals surface area contributed by atoms with E-state index in [1.807, 2.05) is 51.1 Å². The van der Waals surface area contributed by atoms with Crippen LogP contribution in [0, 0.1) is 20.8 Å². The Labute approximate surface area is 155 Å². The van der Waals surface area contributed by atoms with E-state index in [2.05, 4.69) is 36.8 Å². The minimum Gasteiger partial charge on any atom is -0.342 e. The van der Waals surface area contributed by atoms with Crippen LogP contribution in [-0.4, -0.2) is 36.1 Å². The zero-order chi connectivity index (χ0) is 19.0. The SMILES string of the molecule is Cc1cc(C)cc(NC(=O)Cn2nnc(-c3ccc4nc(C)[nH]c4c3)n2)c1. The van der Waals surface area contributed by atoms with Crippen molar-refractivity contribution in [3.63, 3.8) is 0 Å². The summed E-state index contributed by atoms with van der Waals surface area (Å²) in [6, 6.07) is 11.6. The molecule has 0 aliphatic heterocycles. The number of tetrazole rings is 1. The number of aromatic amines is 1. The van der Waals surface area contributed by atoms with E-state index in [1.54, 1.807) is 0 Å². The molecule has 0 saturated heterocycles. The number of benzene rings is 2. The number of hydrogen-bond acceptors (Lipinski definition) is 5. The van der Waals surface area contributed by atoms with Crippen molar-refractivity contribution in [2.45, 2.75) is 27.3 Å². The highest BCUT2D eigenvalue weighted by Crippen LogP contribution is 2.20. The molecule has 2 aromatic carbocycles. The van der Waals surface area contributed by atoms with Crippen molar-refractivity contribution in [2.75, 3.05) is 5.32 Å². The zero-order valence-electron chi connectivity index (χ0n) is 15.3. The summed E-state index contributed by atoms with van der Waals surface area (Å²) in [5.74, 6) is 1.11. The van der Waals surface area contributed by atoms with Crippen LogP contribution in [0.3, 0.4) is 0 Å². The van der Waals surface area contributed by atoms with Crippen LogP contribution < -0.4 is 5.32 Å². The second-order valence-electron chi connectivity index (χ2n) is 6.62. The van der Waals surface area contributed by atoms with Gasteiger partial charge >= 0.3 is 0 Å². The molecular formula is C19H19N7O. The first-order valence-electron chi connectivity index (χ1n) is 8.59. The fourth-order valence-corrected chi connectivity index (χ4v) is 3.08. The lowest BCUT2D eigenvalue weighted by molar-refractivity contribution is -0.117. The Kier molecular flexibility index (Phi) is 4.15. The van der Waals surface area contributed by atoms with E-state index in [1.165, 1.54) is 4.80 Å². The van der Waals surface area contributed by atoms with Gasteiger partial charge in [0.1, 0.15) is 12.4 Å². The van der Waals surface area contributed by atoms with Gasteiger partial charge in [-0.15, -0.1) is 10.2 Å². The van der Waals surface area contributed by atoms with E-state index in [9.17, 15) is 4.79 Å². The Morgan fingerprint density at radius 3 is 2.67 bits per heavy atom. The summed E-state index contributed by atoms with van der Waals surface area (Å²) in [6.07, 6.45) is 0. The number of hydrogen-bond donors (Lipinski definition) is 2. The molecule has 0 bridgehead atoms. The zero-order valence-corrected chi connectivity index (χ0v) is 15.3. The highest BCUT2D eigenvalue weighted by atomic mass is 16.2. The Hall–Kier alpha value is -3.55. The van der Waals surface area contributed by atoms with Gasteiger partial charge in [-0.1, -0.05) is 6.07 Å². The molecule has 27 heavy (non-hydrogen) atoms. The molecule has 0 atom stereocenters. The first-order chi connectivity index (χ1) is 13.0. The molecule has 0 saturated carbocycles. The van der Waals surface area contributed by atoms with Gasteiger partial charge in [-0.05, 0) is 67.4 Å². The Morgan fingerprint density at radius 2 is 1.89 bits per heavy atom. The molecule has 8 heteroatoms. The fourth-order valence-electron chi connectivity index (χ4n) is 3.08. The van der Waals surface area contributed by atoms with E-state index < -0.39 is 0 Å². The second kappa shape index (κ2) is 6.64. The molecular weight excluding hydrogens is 342 g/mol. The van der Waals surface area contributed by atoms with E-state index in [4.69, 9.17) is 0 Å². The van der Waals surface area contributed by atoms with Crippen molar-refractivity contribution in [3.05, 3.63) is 53.3 Å². The maximum Gasteiger partial charge on any atom is 0.248 e. The topological polar surface area (TPSA) is 101 Å². The average Bonchev–Trinajstić information content (AvgIpc) is 3.18. The number of anilines is 1. The summed E-state index contributed by atoms with van der Waals surface area (Å²) < 4.78 is 0. The third-order valence-electron chi connectivity index (χ3n) is 4.10. The van der Waals surface area contributed by atoms with Crippen LogP contribution in [0.4, 0.5) is 5.69 Å². The van der Waals surface area contributed by atoms with Gasteiger partial charge in [0, 0.05) is 11.3 Å². The second-order valence-corrected chi connectivity index (χ2v) is 6.62. The average molecular weight is 361 g/mol. The Bertz CT molecular complexity index is 1120. The van der Waals surface area contributed by atoms with Gasteiger partial charge in [-0.25, -0.2) is 4.98 Å². The molecule has 0 radical (unpaired) electrons. The number of imidazole rings is 1. The van der Waals surface area contributed by atoms with Crippen LogP contribution in [0.2, 0.25) is 0 Å². The number of H-pyrrole nitrogens is 1. The number of rotatable bonds is 4. The minimum absolute atomic E-state index is 0.00853. The Morgan fingerprint density at radius 1 is 1.11 bits per heavy atom. The summed E-state index contributed by atoms with van der Waals surface area (Å²) in [6.45, 7) is 5.88. The predicted molar refractivity (Wildman–Crippen MR) is 102 cm³/mol. The van der Waals surface area contributed by atoms with E-state index in [0.29, 0.717) is 5.82 Å². The van der Waals surface area contributed by atoms with Gasteiger partial charge in [-0.3, -0.25) is 4.79 Å². The monoisotopic (exact) mass is 361 g/mol. The van der Waals surface area contributed by atoms with Gasteiger partial charge in [0.25, 0.3) is 0 Å². The summed E-state index contributed by atoms with van der Waals surface area (Å²) >= 11 is 0. The van der Waals surface area contributed by atoms with Crippen molar-refractivity contribution < 1.29 is 4.79 Å². The molecule has 0 fully saturated rings. The molecule has 8 nitrogen and oxygen atoms in total.